The van der Waals surface area contributed by atoms with Crippen molar-refractivity contribution in [2.24, 2.45) is 0 Å². The Labute approximate surface area is 429 Å². The van der Waals surface area contributed by atoms with E-state index in [0.29, 0.717) is 19.3 Å². The number of aliphatic hydroxyl groups is 1. The van der Waals surface area contributed by atoms with Gasteiger partial charge in [0.15, 0.2) is 6.10 Å². The van der Waals surface area contributed by atoms with E-state index in [2.05, 4.69) is 57.2 Å². The van der Waals surface area contributed by atoms with Crippen molar-refractivity contribution in [2.75, 3.05) is 26.4 Å². The molecular weight excluding hydrogens is 904 g/mol. The summed E-state index contributed by atoms with van der Waals surface area (Å²) in [7, 11) is -4.75. The molecule has 3 unspecified atom stereocenters. The molecule has 0 bridgehead atoms. The highest BCUT2D eigenvalue weighted by molar-refractivity contribution is 7.47. The Morgan fingerprint density at radius 1 is 0.386 bits per heavy atom. The number of phosphoric acid groups is 1. The Morgan fingerprint density at radius 3 is 1.00 bits per heavy atom. The van der Waals surface area contributed by atoms with Gasteiger partial charge >= 0.3 is 25.7 Å². The predicted molar refractivity (Wildman–Crippen MR) is 289 cm³/mol. The molecule has 11 nitrogen and oxygen atoms in total. The van der Waals surface area contributed by atoms with Crippen molar-refractivity contribution < 1.29 is 52.2 Å². The van der Waals surface area contributed by atoms with E-state index >= 15 is 0 Å². The van der Waals surface area contributed by atoms with E-state index in [4.69, 9.17) is 23.3 Å². The molecule has 410 valence electrons. The summed E-state index contributed by atoms with van der Waals surface area (Å²) in [5.74, 6) is -1.48. The van der Waals surface area contributed by atoms with E-state index in [1.54, 1.807) is 0 Å². The number of phosphoric ester groups is 1. The van der Waals surface area contributed by atoms with Gasteiger partial charge in [-0.05, 0) is 96.3 Å². The van der Waals surface area contributed by atoms with Gasteiger partial charge in [-0.2, -0.15) is 0 Å². The Bertz CT molecular complexity index is 1320. The summed E-state index contributed by atoms with van der Waals surface area (Å²) in [6.45, 7) is 4.62. The summed E-state index contributed by atoms with van der Waals surface area (Å²) in [6, 6.07) is 0. The fraction of sp³-hybridized carbons (Fsp3) is 0.845. The quantitative estimate of drug-likeness (QED) is 0.0197. The smallest absolute Gasteiger partial charge is 0.462 e. The summed E-state index contributed by atoms with van der Waals surface area (Å²) in [5.41, 5.74) is 0. The Morgan fingerprint density at radius 2 is 0.657 bits per heavy atom. The summed E-state index contributed by atoms with van der Waals surface area (Å²) in [4.78, 5) is 48.5. The first kappa shape index (κ1) is 67.7. The zero-order valence-electron chi connectivity index (χ0n) is 45.2. The summed E-state index contributed by atoms with van der Waals surface area (Å²) < 4.78 is 39.5. The van der Waals surface area contributed by atoms with Gasteiger partial charge in [0, 0.05) is 19.3 Å². The first-order valence-corrected chi connectivity index (χ1v) is 30.4. The second-order valence-electron chi connectivity index (χ2n) is 19.4. The molecule has 0 amide bonds. The van der Waals surface area contributed by atoms with Crippen LogP contribution in [0.2, 0.25) is 0 Å². The van der Waals surface area contributed by atoms with E-state index in [0.717, 1.165) is 116 Å². The minimum atomic E-state index is -4.75. The fourth-order valence-electron chi connectivity index (χ4n) is 8.05. The molecule has 0 aliphatic rings. The molecule has 0 rings (SSSR count). The van der Waals surface area contributed by atoms with Gasteiger partial charge in [-0.3, -0.25) is 23.4 Å². The summed E-state index contributed by atoms with van der Waals surface area (Å²) in [6.07, 6.45) is 53.8. The van der Waals surface area contributed by atoms with Gasteiger partial charge in [0.05, 0.1) is 19.8 Å². The maximum atomic E-state index is 12.9. The standard InChI is InChI=1S/C58H107O11P/c1-4-7-10-13-16-19-22-25-27-30-33-36-39-42-45-48-57(61)68-54(50-59)52-66-70(63,64)67-53-55(51-65-56(60)47-44-41-38-35-32-29-24-21-18-15-12-9-6-3)69-58(62)49-46-43-40-37-34-31-28-26-23-20-17-14-11-8-5-2/h21,24-28,54-55,59H,4-20,22-23,29-53H2,1-3H3,(H,63,64)/b24-21-,27-25-,28-26-. The van der Waals surface area contributed by atoms with Gasteiger partial charge in [-0.1, -0.05) is 198 Å². The van der Waals surface area contributed by atoms with Crippen LogP contribution in [0.25, 0.3) is 0 Å². The van der Waals surface area contributed by atoms with Gasteiger partial charge in [0.1, 0.15) is 12.7 Å². The molecule has 0 saturated heterocycles. The normalized spacial score (nSPS) is 13.6. The molecule has 0 radical (unpaired) electrons. The predicted octanol–water partition coefficient (Wildman–Crippen LogP) is 16.8. The first-order chi connectivity index (χ1) is 34.2. The molecular formula is C58H107O11P. The van der Waals surface area contributed by atoms with Gasteiger partial charge in [0.25, 0.3) is 0 Å². The number of carbonyl (C=O) groups is 3. The lowest BCUT2D eigenvalue weighted by molar-refractivity contribution is -0.161. The average molecular weight is 1010 g/mol. The largest absolute Gasteiger partial charge is 0.472 e. The van der Waals surface area contributed by atoms with Crippen LogP contribution in [0.15, 0.2) is 36.5 Å². The molecule has 0 aromatic rings. The van der Waals surface area contributed by atoms with Crippen LogP contribution in [0.4, 0.5) is 0 Å². The molecule has 0 aliphatic carbocycles. The Balaban J connectivity index is 4.71. The zero-order valence-corrected chi connectivity index (χ0v) is 46.1. The average Bonchev–Trinajstić information content (AvgIpc) is 3.35. The number of aliphatic hydroxyl groups excluding tert-OH is 1. The van der Waals surface area contributed by atoms with Crippen LogP contribution in [0.5, 0.6) is 0 Å². The number of hydrogen-bond donors (Lipinski definition) is 2. The minimum Gasteiger partial charge on any atom is -0.462 e. The lowest BCUT2D eigenvalue weighted by Crippen LogP contribution is -2.30. The number of ether oxygens (including phenoxy) is 3. The Kier molecular flexibility index (Phi) is 51.3. The van der Waals surface area contributed by atoms with E-state index in [1.807, 2.05) is 0 Å². The lowest BCUT2D eigenvalue weighted by Gasteiger charge is -2.21. The number of esters is 3. The number of carbonyl (C=O) groups excluding carboxylic acids is 3. The highest BCUT2D eigenvalue weighted by Gasteiger charge is 2.28. The summed E-state index contributed by atoms with van der Waals surface area (Å²) in [5, 5.41) is 9.81. The van der Waals surface area contributed by atoms with Crippen LogP contribution in [0.3, 0.4) is 0 Å². The molecule has 0 saturated carbocycles. The van der Waals surface area contributed by atoms with Crippen molar-refractivity contribution in [1.82, 2.24) is 0 Å². The molecule has 70 heavy (non-hydrogen) atoms. The third-order valence-corrected chi connectivity index (χ3v) is 13.5. The van der Waals surface area contributed by atoms with Crippen LogP contribution < -0.4 is 0 Å². The SMILES string of the molecule is CCCCCC/C=C\CCCCCCCC(=O)OCC(COP(=O)(O)OCC(CO)OC(=O)CCCCCCC/C=C\CCCCCCCC)OC(=O)CCCCCCC/C=C\CCCCCCCC. The topological polar surface area (TPSA) is 155 Å². The van der Waals surface area contributed by atoms with Gasteiger partial charge in [0.2, 0.25) is 0 Å². The molecule has 3 atom stereocenters. The first-order valence-electron chi connectivity index (χ1n) is 28.9. The minimum absolute atomic E-state index is 0.158. The van der Waals surface area contributed by atoms with E-state index in [-0.39, 0.29) is 25.9 Å². The van der Waals surface area contributed by atoms with E-state index < -0.39 is 57.8 Å². The number of hydrogen-bond acceptors (Lipinski definition) is 10. The third kappa shape index (κ3) is 50.6. The van der Waals surface area contributed by atoms with Gasteiger partial charge in [-0.25, -0.2) is 4.57 Å². The molecule has 0 aromatic heterocycles. The van der Waals surface area contributed by atoms with Gasteiger partial charge in [-0.15, -0.1) is 0 Å². The van der Waals surface area contributed by atoms with Crippen LogP contribution in [0.1, 0.15) is 278 Å². The number of allylic oxidation sites excluding steroid dienone is 6. The molecule has 0 heterocycles. The van der Waals surface area contributed by atoms with Crippen LogP contribution in [-0.4, -0.2) is 66.5 Å². The molecule has 0 spiro atoms. The van der Waals surface area contributed by atoms with Crippen molar-refractivity contribution in [3.8, 4) is 0 Å². The number of rotatable bonds is 54. The highest BCUT2D eigenvalue weighted by atomic mass is 31.2. The highest BCUT2D eigenvalue weighted by Crippen LogP contribution is 2.43. The fourth-order valence-corrected chi connectivity index (χ4v) is 8.83. The maximum absolute atomic E-state index is 12.9. The zero-order chi connectivity index (χ0) is 51.3. The molecule has 0 fully saturated rings. The van der Waals surface area contributed by atoms with Crippen molar-refractivity contribution in [3.63, 3.8) is 0 Å². The second-order valence-corrected chi connectivity index (χ2v) is 20.9. The van der Waals surface area contributed by atoms with Crippen molar-refractivity contribution in [2.45, 2.75) is 290 Å². The monoisotopic (exact) mass is 1010 g/mol. The third-order valence-electron chi connectivity index (χ3n) is 12.5. The van der Waals surface area contributed by atoms with Crippen molar-refractivity contribution >= 4 is 25.7 Å². The van der Waals surface area contributed by atoms with Crippen LogP contribution >= 0.6 is 7.82 Å². The molecule has 12 heteroatoms. The summed E-state index contributed by atoms with van der Waals surface area (Å²) >= 11 is 0. The van der Waals surface area contributed by atoms with Crippen molar-refractivity contribution in [3.05, 3.63) is 36.5 Å². The van der Waals surface area contributed by atoms with E-state index in [1.165, 1.54) is 103 Å². The molecule has 0 aliphatic heterocycles. The Hall–Kier alpha value is -2.30. The maximum Gasteiger partial charge on any atom is 0.472 e. The molecule has 2 N–H and O–H groups in total. The van der Waals surface area contributed by atoms with Crippen LogP contribution in [-0.2, 0) is 42.2 Å². The van der Waals surface area contributed by atoms with Crippen LogP contribution in [0, 0.1) is 0 Å². The molecule has 0 aromatic carbocycles. The van der Waals surface area contributed by atoms with Crippen molar-refractivity contribution in [1.29, 1.82) is 0 Å². The number of unbranched alkanes of at least 4 members (excludes halogenated alkanes) is 31. The lowest BCUT2D eigenvalue weighted by atomic mass is 10.1. The van der Waals surface area contributed by atoms with Gasteiger partial charge < -0.3 is 24.2 Å². The van der Waals surface area contributed by atoms with E-state index in [9.17, 15) is 28.9 Å². The second kappa shape index (κ2) is 53.0.